The van der Waals surface area contributed by atoms with Crippen molar-refractivity contribution in [2.45, 2.75) is 6.18 Å². The van der Waals surface area contributed by atoms with Crippen LogP contribution in [-0.2, 0) is 6.18 Å². The van der Waals surface area contributed by atoms with Gasteiger partial charge in [0, 0.05) is 6.07 Å². The standard InChI is InChI=1S/C13H9ClF4N2/c14-8-5-10(19)12(6-9(8)15)20-11-4-2-1-3-7(11)13(16,17)18/h1-6,20H,19H2. The maximum atomic E-state index is 13.3. The van der Waals surface area contributed by atoms with Gasteiger partial charge in [-0.1, -0.05) is 23.7 Å². The molecule has 0 fully saturated rings. The number of alkyl halides is 3. The highest BCUT2D eigenvalue weighted by atomic mass is 35.5. The highest BCUT2D eigenvalue weighted by Crippen LogP contribution is 2.37. The molecule has 0 bridgehead atoms. The Hall–Kier alpha value is -1.95. The highest BCUT2D eigenvalue weighted by Gasteiger charge is 2.33. The second kappa shape index (κ2) is 5.20. The highest BCUT2D eigenvalue weighted by molar-refractivity contribution is 6.31. The van der Waals surface area contributed by atoms with E-state index in [0.29, 0.717) is 0 Å². The van der Waals surface area contributed by atoms with Gasteiger partial charge in [-0.25, -0.2) is 4.39 Å². The molecule has 0 radical (unpaired) electrons. The van der Waals surface area contributed by atoms with Crippen LogP contribution in [0.5, 0.6) is 0 Å². The van der Waals surface area contributed by atoms with E-state index >= 15 is 0 Å². The SMILES string of the molecule is Nc1cc(Cl)c(F)cc1Nc1ccccc1C(F)(F)F. The van der Waals surface area contributed by atoms with Gasteiger partial charge in [-0.3, -0.25) is 0 Å². The van der Waals surface area contributed by atoms with Gasteiger partial charge >= 0.3 is 6.18 Å². The topological polar surface area (TPSA) is 38.0 Å². The first-order valence-corrected chi connectivity index (χ1v) is 5.84. The van der Waals surface area contributed by atoms with E-state index in [4.69, 9.17) is 17.3 Å². The van der Waals surface area contributed by atoms with Crippen LogP contribution in [0.1, 0.15) is 5.56 Å². The number of rotatable bonds is 2. The van der Waals surface area contributed by atoms with E-state index in [1.807, 2.05) is 0 Å². The van der Waals surface area contributed by atoms with Gasteiger partial charge in [-0.15, -0.1) is 0 Å². The van der Waals surface area contributed by atoms with Gasteiger partial charge in [0.15, 0.2) is 0 Å². The van der Waals surface area contributed by atoms with Crippen molar-refractivity contribution in [3.63, 3.8) is 0 Å². The molecule has 0 unspecified atom stereocenters. The van der Waals surface area contributed by atoms with Crippen LogP contribution in [0.3, 0.4) is 0 Å². The first-order valence-electron chi connectivity index (χ1n) is 5.47. The van der Waals surface area contributed by atoms with Crippen molar-refractivity contribution in [3.05, 3.63) is 52.8 Å². The quantitative estimate of drug-likeness (QED) is 0.616. The fraction of sp³-hybridized carbons (Fsp3) is 0.0769. The van der Waals surface area contributed by atoms with Gasteiger partial charge in [-0.2, -0.15) is 13.2 Å². The van der Waals surface area contributed by atoms with E-state index in [0.717, 1.165) is 18.2 Å². The molecule has 0 heterocycles. The predicted octanol–water partition coefficient (Wildman–Crippen LogP) is 4.82. The van der Waals surface area contributed by atoms with Crippen LogP contribution in [0.25, 0.3) is 0 Å². The number of nitrogens with two attached hydrogens (primary N) is 1. The normalized spacial score (nSPS) is 11.4. The fourth-order valence-electron chi connectivity index (χ4n) is 1.65. The van der Waals surface area contributed by atoms with Crippen molar-refractivity contribution in [3.8, 4) is 0 Å². The first kappa shape index (κ1) is 14.5. The molecule has 7 heteroatoms. The number of hydrogen-bond acceptors (Lipinski definition) is 2. The minimum absolute atomic E-state index is 0.0172. The summed E-state index contributed by atoms with van der Waals surface area (Å²) in [6, 6.07) is 6.93. The molecule has 2 aromatic rings. The molecule has 0 saturated carbocycles. The zero-order chi connectivity index (χ0) is 14.9. The lowest BCUT2D eigenvalue weighted by molar-refractivity contribution is -0.136. The van der Waals surface area contributed by atoms with Gasteiger partial charge in [0.25, 0.3) is 0 Å². The molecular formula is C13H9ClF4N2. The average molecular weight is 305 g/mol. The van der Waals surface area contributed by atoms with Crippen LogP contribution < -0.4 is 11.1 Å². The predicted molar refractivity (Wildman–Crippen MR) is 70.5 cm³/mol. The third-order valence-corrected chi connectivity index (χ3v) is 2.88. The van der Waals surface area contributed by atoms with Gasteiger partial charge < -0.3 is 11.1 Å². The molecule has 0 spiro atoms. The summed E-state index contributed by atoms with van der Waals surface area (Å²) in [5, 5.41) is 2.27. The number of nitrogens with one attached hydrogen (secondary N) is 1. The van der Waals surface area contributed by atoms with Crippen molar-refractivity contribution in [2.24, 2.45) is 0 Å². The largest absolute Gasteiger partial charge is 0.418 e. The van der Waals surface area contributed by atoms with Crippen molar-refractivity contribution in [1.29, 1.82) is 0 Å². The third kappa shape index (κ3) is 2.96. The second-order valence-corrected chi connectivity index (χ2v) is 4.43. The van der Waals surface area contributed by atoms with Gasteiger partial charge in [-0.05, 0) is 18.2 Å². The van der Waals surface area contributed by atoms with Crippen LogP contribution in [-0.4, -0.2) is 0 Å². The van der Waals surface area contributed by atoms with Crippen molar-refractivity contribution in [2.75, 3.05) is 11.1 Å². The Morgan fingerprint density at radius 3 is 2.35 bits per heavy atom. The molecule has 3 N–H and O–H groups in total. The maximum absolute atomic E-state index is 13.3. The Bertz CT molecular complexity index is 641. The Kier molecular flexibility index (Phi) is 3.76. The Labute approximate surface area is 117 Å². The van der Waals surface area contributed by atoms with Crippen LogP contribution in [0, 0.1) is 5.82 Å². The van der Waals surface area contributed by atoms with Gasteiger partial charge in [0.1, 0.15) is 5.82 Å². The van der Waals surface area contributed by atoms with Crippen molar-refractivity contribution in [1.82, 2.24) is 0 Å². The van der Waals surface area contributed by atoms with E-state index in [1.54, 1.807) is 0 Å². The van der Waals surface area contributed by atoms with Crippen LogP contribution in [0.4, 0.5) is 34.6 Å². The van der Waals surface area contributed by atoms with E-state index in [1.165, 1.54) is 18.2 Å². The first-order chi connectivity index (χ1) is 9.29. The van der Waals surface area contributed by atoms with E-state index in [9.17, 15) is 17.6 Å². The molecule has 2 rings (SSSR count). The molecule has 0 saturated heterocycles. The number of hydrogen-bond donors (Lipinski definition) is 2. The molecule has 0 aromatic heterocycles. The zero-order valence-electron chi connectivity index (χ0n) is 9.93. The molecule has 2 aromatic carbocycles. The number of nitrogen functional groups attached to an aromatic ring is 1. The molecule has 0 atom stereocenters. The summed E-state index contributed by atoms with van der Waals surface area (Å²) >= 11 is 5.53. The number of para-hydroxylation sites is 1. The Morgan fingerprint density at radius 1 is 1.05 bits per heavy atom. The summed E-state index contributed by atoms with van der Waals surface area (Å²) in [6.45, 7) is 0. The van der Waals surface area contributed by atoms with E-state index < -0.39 is 17.6 Å². The second-order valence-electron chi connectivity index (χ2n) is 4.02. The smallest absolute Gasteiger partial charge is 0.397 e. The average Bonchev–Trinajstić information content (AvgIpc) is 2.35. The van der Waals surface area contributed by atoms with Crippen LogP contribution in [0.15, 0.2) is 36.4 Å². The number of anilines is 3. The lowest BCUT2D eigenvalue weighted by atomic mass is 10.1. The summed E-state index contributed by atoms with van der Waals surface area (Å²) in [4.78, 5) is 0. The Morgan fingerprint density at radius 2 is 1.70 bits per heavy atom. The van der Waals surface area contributed by atoms with Crippen molar-refractivity contribution < 1.29 is 17.6 Å². The van der Waals surface area contributed by atoms with E-state index in [2.05, 4.69) is 5.32 Å². The Balaban J connectivity index is 2.43. The summed E-state index contributed by atoms with van der Waals surface area (Å²) in [5.74, 6) is -0.771. The van der Waals surface area contributed by atoms with E-state index in [-0.39, 0.29) is 22.1 Å². The molecule has 2 nitrogen and oxygen atoms in total. The molecule has 0 aliphatic rings. The van der Waals surface area contributed by atoms with Gasteiger partial charge in [0.05, 0.1) is 27.6 Å². The molecule has 0 aliphatic carbocycles. The maximum Gasteiger partial charge on any atom is 0.418 e. The summed E-state index contributed by atoms with van der Waals surface area (Å²) in [5.41, 5.74) is 4.59. The zero-order valence-corrected chi connectivity index (χ0v) is 10.7. The molecular weight excluding hydrogens is 296 g/mol. The van der Waals surface area contributed by atoms with Crippen LogP contribution in [0.2, 0.25) is 5.02 Å². The van der Waals surface area contributed by atoms with Crippen molar-refractivity contribution >= 4 is 28.7 Å². The summed E-state index contributed by atoms with van der Waals surface area (Å²) < 4.78 is 51.8. The summed E-state index contributed by atoms with van der Waals surface area (Å²) in [7, 11) is 0. The lowest BCUT2D eigenvalue weighted by Crippen LogP contribution is -2.09. The third-order valence-electron chi connectivity index (χ3n) is 2.59. The fourth-order valence-corrected chi connectivity index (χ4v) is 1.83. The number of halogens is 5. The monoisotopic (exact) mass is 304 g/mol. The minimum Gasteiger partial charge on any atom is -0.397 e. The molecule has 106 valence electrons. The van der Waals surface area contributed by atoms with Crippen LogP contribution >= 0.6 is 11.6 Å². The molecule has 20 heavy (non-hydrogen) atoms. The summed E-state index contributed by atoms with van der Waals surface area (Å²) in [6.07, 6.45) is -4.52. The number of benzene rings is 2. The molecule has 0 aliphatic heterocycles. The minimum atomic E-state index is -4.52. The molecule has 0 amide bonds. The lowest BCUT2D eigenvalue weighted by Gasteiger charge is -2.15. The van der Waals surface area contributed by atoms with Gasteiger partial charge in [0.2, 0.25) is 0 Å².